The predicted molar refractivity (Wildman–Crippen MR) is 141 cm³/mol. The standard InChI is InChI=1S/C27H21N7S/c1-15(16-2-3-16)30-19-10-18(12-28-13-19)22-4-5-23-25(31-22)26(34-33-23)24-11-21-20(17-7-9-35-14-17)6-8-29-27(21)32-24/h4-14,16,30H,1-3H2,(H,29,32)(H,33,34). The SMILES string of the molecule is C=C(Nc1cncc(-c2ccc3[nH]nc(-c4cc5c(-c6ccsc6)ccnc5[nH]4)c3n2)c1)C1CC1. The molecule has 6 heterocycles. The molecular formula is C27H21N7S. The first-order valence-electron chi connectivity index (χ1n) is 11.5. The number of allylic oxidation sites excluding steroid dienone is 1. The normalized spacial score (nSPS) is 13.5. The summed E-state index contributed by atoms with van der Waals surface area (Å²) >= 11 is 1.68. The van der Waals surface area contributed by atoms with E-state index in [1.165, 1.54) is 18.4 Å². The van der Waals surface area contributed by atoms with Crippen molar-refractivity contribution in [3.05, 3.63) is 78.0 Å². The van der Waals surface area contributed by atoms with Crippen molar-refractivity contribution in [1.29, 1.82) is 0 Å². The summed E-state index contributed by atoms with van der Waals surface area (Å²) in [5, 5.41) is 16.4. The van der Waals surface area contributed by atoms with Gasteiger partial charge in [-0.15, -0.1) is 0 Å². The van der Waals surface area contributed by atoms with E-state index < -0.39 is 0 Å². The Kier molecular flexibility index (Phi) is 4.53. The third-order valence-corrected chi connectivity index (χ3v) is 7.12. The molecule has 1 aliphatic carbocycles. The van der Waals surface area contributed by atoms with Crippen molar-refractivity contribution in [1.82, 2.24) is 30.1 Å². The third-order valence-electron chi connectivity index (χ3n) is 6.44. The minimum Gasteiger partial charge on any atom is -0.358 e. The second-order valence-corrected chi connectivity index (χ2v) is 9.65. The number of anilines is 1. The molecule has 0 unspecified atom stereocenters. The molecule has 3 N–H and O–H groups in total. The predicted octanol–water partition coefficient (Wildman–Crippen LogP) is 6.63. The van der Waals surface area contributed by atoms with E-state index in [1.54, 1.807) is 11.3 Å². The number of nitrogens with zero attached hydrogens (tertiary/aromatic N) is 4. The Bertz CT molecular complexity index is 1710. The Morgan fingerprint density at radius 2 is 2.03 bits per heavy atom. The molecular weight excluding hydrogens is 454 g/mol. The van der Waals surface area contributed by atoms with Crippen LogP contribution in [0.2, 0.25) is 0 Å². The Balaban J connectivity index is 1.29. The van der Waals surface area contributed by atoms with Crippen LogP contribution in [0.15, 0.2) is 78.0 Å². The van der Waals surface area contributed by atoms with Crippen LogP contribution in [0.1, 0.15) is 12.8 Å². The second kappa shape index (κ2) is 7.89. The van der Waals surface area contributed by atoms with Gasteiger partial charge in [0.1, 0.15) is 16.9 Å². The van der Waals surface area contributed by atoms with Gasteiger partial charge in [0.2, 0.25) is 0 Å². The van der Waals surface area contributed by atoms with E-state index in [0.717, 1.165) is 61.7 Å². The molecule has 1 saturated carbocycles. The zero-order chi connectivity index (χ0) is 23.4. The highest BCUT2D eigenvalue weighted by molar-refractivity contribution is 7.08. The van der Waals surface area contributed by atoms with Gasteiger partial charge in [0.15, 0.2) is 0 Å². The summed E-state index contributed by atoms with van der Waals surface area (Å²) in [4.78, 5) is 17.4. The number of H-pyrrole nitrogens is 2. The first kappa shape index (κ1) is 20.1. The van der Waals surface area contributed by atoms with Crippen molar-refractivity contribution in [2.75, 3.05) is 5.32 Å². The molecule has 1 aliphatic rings. The lowest BCUT2D eigenvalue weighted by Gasteiger charge is -2.09. The fraction of sp³-hybridized carbons (Fsp3) is 0.111. The summed E-state index contributed by atoms with van der Waals surface area (Å²) in [7, 11) is 0. The molecule has 6 aromatic rings. The van der Waals surface area contributed by atoms with Gasteiger partial charge in [-0.3, -0.25) is 10.1 Å². The van der Waals surface area contributed by atoms with Crippen LogP contribution < -0.4 is 5.32 Å². The summed E-state index contributed by atoms with van der Waals surface area (Å²) in [6.45, 7) is 4.16. The minimum atomic E-state index is 0.577. The second-order valence-electron chi connectivity index (χ2n) is 8.87. The zero-order valence-electron chi connectivity index (χ0n) is 18.7. The molecule has 7 rings (SSSR count). The van der Waals surface area contributed by atoms with Crippen LogP contribution in [-0.4, -0.2) is 30.1 Å². The highest BCUT2D eigenvalue weighted by atomic mass is 32.1. The van der Waals surface area contributed by atoms with Gasteiger partial charge in [-0.05, 0) is 77.0 Å². The van der Waals surface area contributed by atoms with E-state index in [2.05, 4.69) is 66.0 Å². The van der Waals surface area contributed by atoms with Crippen LogP contribution in [0.4, 0.5) is 5.69 Å². The summed E-state index contributed by atoms with van der Waals surface area (Å²) in [5.41, 5.74) is 10.2. The molecule has 0 radical (unpaired) electrons. The molecule has 0 amide bonds. The van der Waals surface area contributed by atoms with Gasteiger partial charge in [-0.1, -0.05) is 6.58 Å². The number of nitrogens with one attached hydrogen (secondary N) is 3. The van der Waals surface area contributed by atoms with Crippen LogP contribution in [0.3, 0.4) is 0 Å². The highest BCUT2D eigenvalue weighted by Crippen LogP contribution is 2.37. The first-order chi connectivity index (χ1) is 17.2. The number of aromatic nitrogens is 6. The maximum atomic E-state index is 4.97. The van der Waals surface area contributed by atoms with E-state index >= 15 is 0 Å². The molecule has 1 fully saturated rings. The van der Waals surface area contributed by atoms with Gasteiger partial charge in [0.05, 0.1) is 28.8 Å². The zero-order valence-corrected chi connectivity index (χ0v) is 19.6. The van der Waals surface area contributed by atoms with Gasteiger partial charge < -0.3 is 10.3 Å². The molecule has 0 bridgehead atoms. The summed E-state index contributed by atoms with van der Waals surface area (Å²) in [6, 6.07) is 12.3. The summed E-state index contributed by atoms with van der Waals surface area (Å²) < 4.78 is 0. The molecule has 35 heavy (non-hydrogen) atoms. The van der Waals surface area contributed by atoms with Gasteiger partial charge >= 0.3 is 0 Å². The number of pyridine rings is 3. The molecule has 7 nitrogen and oxygen atoms in total. The van der Waals surface area contributed by atoms with E-state index in [0.29, 0.717) is 5.92 Å². The molecule has 6 aromatic heterocycles. The van der Waals surface area contributed by atoms with Gasteiger partial charge in [0.25, 0.3) is 0 Å². The van der Waals surface area contributed by atoms with Gasteiger partial charge in [0, 0.05) is 29.0 Å². The van der Waals surface area contributed by atoms with Crippen molar-refractivity contribution < 1.29 is 0 Å². The summed E-state index contributed by atoms with van der Waals surface area (Å²) in [5.74, 6) is 0.577. The van der Waals surface area contributed by atoms with E-state index in [9.17, 15) is 0 Å². The highest BCUT2D eigenvalue weighted by Gasteiger charge is 2.24. The molecule has 0 spiro atoms. The average molecular weight is 476 g/mol. The van der Waals surface area contributed by atoms with E-state index in [-0.39, 0.29) is 0 Å². The van der Waals surface area contributed by atoms with Crippen LogP contribution in [-0.2, 0) is 0 Å². The summed E-state index contributed by atoms with van der Waals surface area (Å²) in [6.07, 6.45) is 7.90. The van der Waals surface area contributed by atoms with Crippen LogP contribution in [0, 0.1) is 5.92 Å². The van der Waals surface area contributed by atoms with Gasteiger partial charge in [-0.25, -0.2) is 9.97 Å². The minimum absolute atomic E-state index is 0.577. The van der Waals surface area contributed by atoms with Crippen LogP contribution in [0.5, 0.6) is 0 Å². The van der Waals surface area contributed by atoms with E-state index in [4.69, 9.17) is 4.98 Å². The number of thiophene rings is 1. The lowest BCUT2D eigenvalue weighted by molar-refractivity contribution is 1.02. The number of fused-ring (bicyclic) bond motifs is 2. The van der Waals surface area contributed by atoms with Crippen LogP contribution >= 0.6 is 11.3 Å². The Morgan fingerprint density at radius 3 is 2.89 bits per heavy atom. The average Bonchev–Trinajstić information content (AvgIpc) is 3.26. The molecule has 0 aliphatic heterocycles. The smallest absolute Gasteiger partial charge is 0.138 e. The number of rotatable bonds is 6. The Morgan fingerprint density at radius 1 is 1.09 bits per heavy atom. The largest absolute Gasteiger partial charge is 0.358 e. The fourth-order valence-corrected chi connectivity index (χ4v) is 5.09. The Hall–Kier alpha value is -4.30. The van der Waals surface area contributed by atoms with Crippen molar-refractivity contribution in [3.8, 4) is 33.8 Å². The molecule has 8 heteroatoms. The molecule has 170 valence electrons. The topological polar surface area (TPSA) is 95.2 Å². The fourth-order valence-electron chi connectivity index (χ4n) is 4.44. The van der Waals surface area contributed by atoms with Crippen molar-refractivity contribution in [2.45, 2.75) is 12.8 Å². The van der Waals surface area contributed by atoms with Crippen molar-refractivity contribution in [3.63, 3.8) is 0 Å². The number of hydrogen-bond acceptors (Lipinski definition) is 6. The quantitative estimate of drug-likeness (QED) is 0.251. The van der Waals surface area contributed by atoms with Gasteiger partial charge in [-0.2, -0.15) is 16.4 Å². The van der Waals surface area contributed by atoms with Crippen LogP contribution in [0.25, 0.3) is 55.8 Å². The van der Waals surface area contributed by atoms with Crippen molar-refractivity contribution >= 4 is 39.1 Å². The van der Waals surface area contributed by atoms with E-state index in [1.807, 2.05) is 36.8 Å². The molecule has 0 atom stereocenters. The lowest BCUT2D eigenvalue weighted by Crippen LogP contribution is -2.00. The monoisotopic (exact) mass is 475 g/mol. The Labute approximate surface area is 205 Å². The molecule has 0 saturated heterocycles. The number of hydrogen-bond donors (Lipinski definition) is 3. The maximum Gasteiger partial charge on any atom is 0.138 e. The third kappa shape index (κ3) is 3.59. The van der Waals surface area contributed by atoms with Crippen molar-refractivity contribution in [2.24, 2.45) is 5.92 Å². The lowest BCUT2D eigenvalue weighted by atomic mass is 10.1. The molecule has 0 aromatic carbocycles. The number of aromatic amines is 2. The maximum absolute atomic E-state index is 4.97. The first-order valence-corrected chi connectivity index (χ1v) is 12.4.